The van der Waals surface area contributed by atoms with Crippen molar-refractivity contribution >= 4 is 11.8 Å². The number of carboxylic acid groups (broad SMARTS) is 1. The Kier molecular flexibility index (Phi) is 4.90. The molecular weight excluding hydrogens is 254 g/mol. The predicted octanol–water partition coefficient (Wildman–Crippen LogP) is 2.26. The Hall–Kier alpha value is -1.68. The Morgan fingerprint density at radius 3 is 2.45 bits per heavy atom. The first kappa shape index (κ1) is 14.7. The van der Waals surface area contributed by atoms with Crippen LogP contribution in [-0.4, -0.2) is 34.8 Å². The molecule has 1 aromatic carbocycles. The number of rotatable bonds is 5. The van der Waals surface area contributed by atoms with E-state index in [1.807, 2.05) is 24.3 Å². The van der Waals surface area contributed by atoms with Gasteiger partial charge in [-0.2, -0.15) is 0 Å². The van der Waals surface area contributed by atoms with Crippen molar-refractivity contribution in [1.29, 1.82) is 0 Å². The maximum Gasteiger partial charge on any atom is 0.307 e. The maximum absolute atomic E-state index is 11.3. The summed E-state index contributed by atoms with van der Waals surface area (Å²) in [5, 5.41) is 8.95. The lowest BCUT2D eigenvalue weighted by molar-refractivity contribution is -0.136. The first-order valence-corrected chi connectivity index (χ1v) is 7.07. The van der Waals surface area contributed by atoms with Gasteiger partial charge in [0.1, 0.15) is 5.78 Å². The van der Waals surface area contributed by atoms with Crippen molar-refractivity contribution < 1.29 is 14.7 Å². The van der Waals surface area contributed by atoms with E-state index in [-0.39, 0.29) is 6.42 Å². The third-order valence-electron chi connectivity index (χ3n) is 4.02. The number of benzene rings is 1. The number of ketones is 1. The topological polar surface area (TPSA) is 57.6 Å². The zero-order chi connectivity index (χ0) is 14.5. The standard InChI is InChI=1S/C16H21NO3/c1-17(14-6-8-15(18)9-7-14)11-13-5-3-2-4-12(13)10-16(19)20/h2-5,14H,6-11H2,1H3,(H,19,20). The number of aliphatic carboxylic acids is 1. The summed E-state index contributed by atoms with van der Waals surface area (Å²) in [5.41, 5.74) is 1.94. The molecule has 0 spiro atoms. The van der Waals surface area contributed by atoms with Crippen LogP contribution < -0.4 is 0 Å². The predicted molar refractivity (Wildman–Crippen MR) is 76.5 cm³/mol. The fraction of sp³-hybridized carbons (Fsp3) is 0.500. The van der Waals surface area contributed by atoms with Gasteiger partial charge in [-0.15, -0.1) is 0 Å². The molecule has 20 heavy (non-hydrogen) atoms. The van der Waals surface area contributed by atoms with E-state index in [2.05, 4.69) is 11.9 Å². The lowest BCUT2D eigenvalue weighted by Gasteiger charge is -2.31. The first-order valence-electron chi connectivity index (χ1n) is 7.07. The molecule has 0 bridgehead atoms. The van der Waals surface area contributed by atoms with Gasteiger partial charge in [-0.1, -0.05) is 24.3 Å². The van der Waals surface area contributed by atoms with Gasteiger partial charge in [0.05, 0.1) is 6.42 Å². The molecule has 108 valence electrons. The molecule has 0 radical (unpaired) electrons. The van der Waals surface area contributed by atoms with E-state index in [1.54, 1.807) is 0 Å². The van der Waals surface area contributed by atoms with E-state index in [9.17, 15) is 9.59 Å². The van der Waals surface area contributed by atoms with Gasteiger partial charge in [-0.25, -0.2) is 0 Å². The van der Waals surface area contributed by atoms with Gasteiger partial charge >= 0.3 is 5.97 Å². The minimum atomic E-state index is -0.802. The molecule has 0 aromatic heterocycles. The smallest absolute Gasteiger partial charge is 0.307 e. The second kappa shape index (κ2) is 6.66. The van der Waals surface area contributed by atoms with Crippen molar-refractivity contribution in [2.75, 3.05) is 7.05 Å². The molecule has 1 fully saturated rings. The summed E-state index contributed by atoms with van der Waals surface area (Å²) in [5.74, 6) is -0.440. The number of carbonyl (C=O) groups is 2. The molecule has 1 aliphatic rings. The maximum atomic E-state index is 11.3. The van der Waals surface area contributed by atoms with Crippen LogP contribution >= 0.6 is 0 Å². The summed E-state index contributed by atoms with van der Waals surface area (Å²) in [6, 6.07) is 8.11. The summed E-state index contributed by atoms with van der Waals surface area (Å²) < 4.78 is 0. The van der Waals surface area contributed by atoms with E-state index < -0.39 is 5.97 Å². The number of carboxylic acids is 1. The monoisotopic (exact) mass is 275 g/mol. The van der Waals surface area contributed by atoms with Crippen LogP contribution in [0.25, 0.3) is 0 Å². The normalized spacial score (nSPS) is 16.6. The fourth-order valence-corrected chi connectivity index (χ4v) is 2.81. The van der Waals surface area contributed by atoms with Crippen LogP contribution in [0.4, 0.5) is 0 Å². The Morgan fingerprint density at radius 1 is 1.25 bits per heavy atom. The Labute approximate surface area is 119 Å². The van der Waals surface area contributed by atoms with Crippen LogP contribution in [0.3, 0.4) is 0 Å². The number of Topliss-reactive ketones (excluding diaryl/α,β-unsaturated/α-hetero) is 1. The quantitative estimate of drug-likeness (QED) is 0.895. The molecule has 0 unspecified atom stereocenters. The molecule has 4 nitrogen and oxygen atoms in total. The average Bonchev–Trinajstić information content (AvgIpc) is 2.41. The van der Waals surface area contributed by atoms with Crippen LogP contribution in [0.15, 0.2) is 24.3 Å². The molecule has 4 heteroatoms. The summed E-state index contributed by atoms with van der Waals surface area (Å²) in [4.78, 5) is 24.4. The van der Waals surface area contributed by atoms with Crippen molar-refractivity contribution in [2.24, 2.45) is 0 Å². The summed E-state index contributed by atoms with van der Waals surface area (Å²) in [7, 11) is 2.05. The molecule has 0 heterocycles. The molecule has 1 N–H and O–H groups in total. The van der Waals surface area contributed by atoms with E-state index in [0.29, 0.717) is 24.7 Å². The van der Waals surface area contributed by atoms with E-state index >= 15 is 0 Å². The molecule has 0 saturated heterocycles. The van der Waals surface area contributed by atoms with Crippen molar-refractivity contribution in [1.82, 2.24) is 4.90 Å². The molecule has 0 aliphatic heterocycles. The highest BCUT2D eigenvalue weighted by Gasteiger charge is 2.22. The zero-order valence-electron chi connectivity index (χ0n) is 11.8. The first-order chi connectivity index (χ1) is 9.56. The van der Waals surface area contributed by atoms with Gasteiger partial charge in [0, 0.05) is 25.4 Å². The lowest BCUT2D eigenvalue weighted by atomic mass is 9.93. The van der Waals surface area contributed by atoms with E-state index in [0.717, 1.165) is 30.5 Å². The number of carbonyl (C=O) groups excluding carboxylic acids is 1. The SMILES string of the molecule is CN(Cc1ccccc1CC(=O)O)C1CCC(=O)CC1. The van der Waals surface area contributed by atoms with Crippen molar-refractivity contribution in [3.8, 4) is 0 Å². The lowest BCUT2D eigenvalue weighted by Crippen LogP contribution is -2.35. The summed E-state index contributed by atoms with van der Waals surface area (Å²) >= 11 is 0. The summed E-state index contributed by atoms with van der Waals surface area (Å²) in [6.07, 6.45) is 3.23. The molecule has 1 saturated carbocycles. The highest BCUT2D eigenvalue weighted by atomic mass is 16.4. The zero-order valence-corrected chi connectivity index (χ0v) is 11.8. The highest BCUT2D eigenvalue weighted by molar-refractivity contribution is 5.79. The Balaban J connectivity index is 2.02. The molecule has 1 aliphatic carbocycles. The van der Waals surface area contributed by atoms with Gasteiger partial charge in [-0.05, 0) is 31.0 Å². The number of hydrogen-bond acceptors (Lipinski definition) is 3. The minimum Gasteiger partial charge on any atom is -0.481 e. The van der Waals surface area contributed by atoms with Crippen molar-refractivity contribution in [2.45, 2.75) is 44.7 Å². The molecular formula is C16H21NO3. The third kappa shape index (κ3) is 3.90. The van der Waals surface area contributed by atoms with Crippen LogP contribution in [0.2, 0.25) is 0 Å². The molecule has 2 rings (SSSR count). The highest BCUT2D eigenvalue weighted by Crippen LogP contribution is 2.22. The Morgan fingerprint density at radius 2 is 1.85 bits per heavy atom. The molecule has 0 amide bonds. The van der Waals surface area contributed by atoms with E-state index in [1.165, 1.54) is 0 Å². The largest absolute Gasteiger partial charge is 0.481 e. The van der Waals surface area contributed by atoms with Crippen molar-refractivity contribution in [3.05, 3.63) is 35.4 Å². The van der Waals surface area contributed by atoms with Crippen molar-refractivity contribution in [3.63, 3.8) is 0 Å². The average molecular weight is 275 g/mol. The van der Waals surface area contributed by atoms with Crippen LogP contribution in [-0.2, 0) is 22.6 Å². The number of nitrogens with zero attached hydrogens (tertiary/aromatic N) is 1. The second-order valence-corrected chi connectivity index (χ2v) is 5.52. The van der Waals surface area contributed by atoms with Crippen LogP contribution in [0.1, 0.15) is 36.8 Å². The molecule has 0 atom stereocenters. The second-order valence-electron chi connectivity index (χ2n) is 5.52. The van der Waals surface area contributed by atoms with Gasteiger partial charge in [0.2, 0.25) is 0 Å². The van der Waals surface area contributed by atoms with Gasteiger partial charge in [0.15, 0.2) is 0 Å². The van der Waals surface area contributed by atoms with Crippen LogP contribution in [0.5, 0.6) is 0 Å². The van der Waals surface area contributed by atoms with Gasteiger partial charge < -0.3 is 5.11 Å². The van der Waals surface area contributed by atoms with Crippen LogP contribution in [0, 0.1) is 0 Å². The third-order valence-corrected chi connectivity index (χ3v) is 4.02. The van der Waals surface area contributed by atoms with Gasteiger partial charge in [-0.3, -0.25) is 14.5 Å². The minimum absolute atomic E-state index is 0.0627. The Bertz CT molecular complexity index is 488. The number of hydrogen-bond donors (Lipinski definition) is 1. The molecule has 1 aromatic rings. The fourth-order valence-electron chi connectivity index (χ4n) is 2.81. The summed E-state index contributed by atoms with van der Waals surface area (Å²) in [6.45, 7) is 0.738. The van der Waals surface area contributed by atoms with Gasteiger partial charge in [0.25, 0.3) is 0 Å². The van der Waals surface area contributed by atoms with E-state index in [4.69, 9.17) is 5.11 Å².